The first-order chi connectivity index (χ1) is 8.65. The summed E-state index contributed by atoms with van der Waals surface area (Å²) in [6.45, 7) is 0.602. The first-order valence-corrected chi connectivity index (χ1v) is 7.51. The van der Waals surface area contributed by atoms with Crippen LogP contribution in [0.5, 0.6) is 0 Å². The van der Waals surface area contributed by atoms with Crippen molar-refractivity contribution in [3.63, 3.8) is 0 Å². The van der Waals surface area contributed by atoms with Gasteiger partial charge in [-0.3, -0.25) is 4.79 Å². The Labute approximate surface area is 122 Å². The predicted molar refractivity (Wildman–Crippen MR) is 78.4 cm³/mol. The van der Waals surface area contributed by atoms with Crippen molar-refractivity contribution >= 4 is 50.5 Å². The van der Waals surface area contributed by atoms with Gasteiger partial charge in [-0.1, -0.05) is 17.7 Å². The molecular formula is C13H9BrClNOS. The molecule has 1 aliphatic rings. The molecular weight excluding hydrogens is 334 g/mol. The number of amides is 1. The summed E-state index contributed by atoms with van der Waals surface area (Å²) in [6.07, 6.45) is 0.468. The van der Waals surface area contributed by atoms with E-state index in [9.17, 15) is 4.79 Å². The summed E-state index contributed by atoms with van der Waals surface area (Å²) < 4.78 is 1.05. The van der Waals surface area contributed by atoms with Crippen molar-refractivity contribution in [1.29, 1.82) is 0 Å². The maximum absolute atomic E-state index is 12.1. The molecule has 0 aliphatic carbocycles. The number of nitrogens with zero attached hydrogens (tertiary/aromatic N) is 1. The fraction of sp³-hybridized carbons (Fsp3) is 0.154. The fourth-order valence-corrected chi connectivity index (χ4v) is 3.72. The lowest BCUT2D eigenvalue weighted by Gasteiger charge is -2.17. The minimum absolute atomic E-state index is 0.132. The van der Waals surface area contributed by atoms with Gasteiger partial charge in [0.2, 0.25) is 5.91 Å². The van der Waals surface area contributed by atoms with Gasteiger partial charge in [0.25, 0.3) is 0 Å². The zero-order valence-electron chi connectivity index (χ0n) is 9.32. The Morgan fingerprint density at radius 1 is 1.39 bits per heavy atom. The number of thiophene rings is 1. The summed E-state index contributed by atoms with van der Waals surface area (Å²) in [5.41, 5.74) is 1.99. The molecule has 2 aromatic rings. The van der Waals surface area contributed by atoms with Gasteiger partial charge in [-0.15, -0.1) is 11.3 Å². The van der Waals surface area contributed by atoms with Gasteiger partial charge >= 0.3 is 0 Å². The van der Waals surface area contributed by atoms with Crippen LogP contribution in [-0.4, -0.2) is 5.91 Å². The summed E-state index contributed by atoms with van der Waals surface area (Å²) in [4.78, 5) is 15.0. The molecule has 0 radical (unpaired) electrons. The second kappa shape index (κ2) is 4.68. The molecule has 1 aromatic carbocycles. The number of hydrogen-bond acceptors (Lipinski definition) is 2. The second-order valence-electron chi connectivity index (χ2n) is 4.12. The number of rotatable bonds is 2. The zero-order chi connectivity index (χ0) is 12.7. The Morgan fingerprint density at radius 2 is 2.22 bits per heavy atom. The number of hydrogen-bond donors (Lipinski definition) is 0. The van der Waals surface area contributed by atoms with Crippen molar-refractivity contribution in [2.45, 2.75) is 13.0 Å². The highest BCUT2D eigenvalue weighted by molar-refractivity contribution is 9.10. The standard InChI is InChI=1S/C13H9BrClNOS/c14-10-3-4-18-12(10)7-16-11-6-9(15)2-1-8(11)5-13(16)17/h1-4,6H,5,7H2. The fourth-order valence-electron chi connectivity index (χ4n) is 2.09. The minimum Gasteiger partial charge on any atom is -0.307 e. The van der Waals surface area contributed by atoms with E-state index in [1.807, 2.05) is 29.6 Å². The van der Waals surface area contributed by atoms with Crippen LogP contribution in [0.2, 0.25) is 5.02 Å². The van der Waals surface area contributed by atoms with E-state index >= 15 is 0 Å². The van der Waals surface area contributed by atoms with Crippen molar-refractivity contribution < 1.29 is 4.79 Å². The van der Waals surface area contributed by atoms with Gasteiger partial charge in [-0.25, -0.2) is 0 Å². The minimum atomic E-state index is 0.132. The average Bonchev–Trinajstić information content (AvgIpc) is 2.86. The lowest BCUT2D eigenvalue weighted by atomic mass is 10.2. The molecule has 0 bridgehead atoms. The molecule has 0 unspecified atom stereocenters. The quantitative estimate of drug-likeness (QED) is 0.799. The van der Waals surface area contributed by atoms with Crippen molar-refractivity contribution in [3.05, 3.63) is 49.6 Å². The maximum Gasteiger partial charge on any atom is 0.231 e. The van der Waals surface area contributed by atoms with Gasteiger partial charge in [0.1, 0.15) is 0 Å². The molecule has 1 amide bonds. The van der Waals surface area contributed by atoms with E-state index < -0.39 is 0 Å². The van der Waals surface area contributed by atoms with Crippen LogP contribution in [-0.2, 0) is 17.8 Å². The third-order valence-electron chi connectivity index (χ3n) is 2.97. The molecule has 0 fully saturated rings. The largest absolute Gasteiger partial charge is 0.307 e. The van der Waals surface area contributed by atoms with Crippen molar-refractivity contribution in [2.24, 2.45) is 0 Å². The molecule has 0 saturated heterocycles. The number of carbonyl (C=O) groups is 1. The third-order valence-corrected chi connectivity index (χ3v) is 5.12. The summed E-state index contributed by atoms with van der Waals surface area (Å²) >= 11 is 11.1. The van der Waals surface area contributed by atoms with Crippen LogP contribution in [0.15, 0.2) is 34.1 Å². The zero-order valence-corrected chi connectivity index (χ0v) is 12.5. The summed E-state index contributed by atoms with van der Waals surface area (Å²) in [5, 5.41) is 2.68. The Bertz CT molecular complexity index is 625. The molecule has 2 heterocycles. The highest BCUT2D eigenvalue weighted by Crippen LogP contribution is 2.34. The topological polar surface area (TPSA) is 20.3 Å². The number of halogens is 2. The van der Waals surface area contributed by atoms with Crippen LogP contribution >= 0.6 is 38.9 Å². The van der Waals surface area contributed by atoms with E-state index in [0.717, 1.165) is 20.6 Å². The van der Waals surface area contributed by atoms with E-state index in [2.05, 4.69) is 15.9 Å². The molecule has 18 heavy (non-hydrogen) atoms. The van der Waals surface area contributed by atoms with E-state index in [-0.39, 0.29) is 5.91 Å². The SMILES string of the molecule is O=C1Cc2ccc(Cl)cc2N1Cc1sccc1Br. The van der Waals surface area contributed by atoms with E-state index in [0.29, 0.717) is 18.0 Å². The third kappa shape index (κ3) is 2.09. The van der Waals surface area contributed by atoms with Crippen LogP contribution in [0.3, 0.4) is 0 Å². The van der Waals surface area contributed by atoms with Crippen LogP contribution in [0.4, 0.5) is 5.69 Å². The highest BCUT2D eigenvalue weighted by atomic mass is 79.9. The normalized spacial score (nSPS) is 14.1. The molecule has 0 spiro atoms. The Kier molecular flexibility index (Phi) is 3.18. The van der Waals surface area contributed by atoms with Gasteiger partial charge in [0.15, 0.2) is 0 Å². The van der Waals surface area contributed by atoms with Gasteiger partial charge in [-0.2, -0.15) is 0 Å². The first-order valence-electron chi connectivity index (χ1n) is 5.46. The highest BCUT2D eigenvalue weighted by Gasteiger charge is 2.28. The second-order valence-corrected chi connectivity index (χ2v) is 6.41. The lowest BCUT2D eigenvalue weighted by molar-refractivity contribution is -0.117. The Balaban J connectivity index is 1.96. The Morgan fingerprint density at radius 3 is 2.94 bits per heavy atom. The molecule has 1 aliphatic heterocycles. The maximum atomic E-state index is 12.1. The average molecular weight is 343 g/mol. The summed E-state index contributed by atoms with van der Waals surface area (Å²) in [7, 11) is 0. The van der Waals surface area contributed by atoms with E-state index in [1.165, 1.54) is 0 Å². The summed E-state index contributed by atoms with van der Waals surface area (Å²) in [6, 6.07) is 7.62. The van der Waals surface area contributed by atoms with E-state index in [1.54, 1.807) is 16.2 Å². The van der Waals surface area contributed by atoms with Crippen LogP contribution in [0.1, 0.15) is 10.4 Å². The van der Waals surface area contributed by atoms with Gasteiger partial charge in [0.05, 0.1) is 13.0 Å². The number of carbonyl (C=O) groups excluding carboxylic acids is 1. The molecule has 92 valence electrons. The van der Waals surface area contributed by atoms with Crippen LogP contribution in [0, 0.1) is 0 Å². The van der Waals surface area contributed by atoms with Crippen LogP contribution < -0.4 is 4.90 Å². The van der Waals surface area contributed by atoms with Crippen molar-refractivity contribution in [1.82, 2.24) is 0 Å². The molecule has 5 heteroatoms. The number of benzene rings is 1. The molecule has 1 aromatic heterocycles. The van der Waals surface area contributed by atoms with E-state index in [4.69, 9.17) is 11.6 Å². The summed E-state index contributed by atoms with van der Waals surface area (Å²) in [5.74, 6) is 0.132. The van der Waals surface area contributed by atoms with Crippen molar-refractivity contribution in [3.8, 4) is 0 Å². The van der Waals surface area contributed by atoms with Gasteiger partial charge < -0.3 is 4.90 Å². The molecule has 0 saturated carbocycles. The lowest BCUT2D eigenvalue weighted by Crippen LogP contribution is -2.25. The van der Waals surface area contributed by atoms with Crippen LogP contribution in [0.25, 0.3) is 0 Å². The predicted octanol–water partition coefficient (Wildman–Crippen LogP) is 4.25. The smallest absolute Gasteiger partial charge is 0.231 e. The number of fused-ring (bicyclic) bond motifs is 1. The molecule has 0 N–H and O–H groups in total. The first kappa shape index (κ1) is 12.2. The number of anilines is 1. The Hall–Kier alpha value is -0.840. The van der Waals surface area contributed by atoms with Gasteiger partial charge in [0, 0.05) is 20.1 Å². The monoisotopic (exact) mass is 341 g/mol. The van der Waals surface area contributed by atoms with Gasteiger partial charge in [-0.05, 0) is 45.1 Å². The van der Waals surface area contributed by atoms with Crippen molar-refractivity contribution in [2.75, 3.05) is 4.90 Å². The molecule has 0 atom stereocenters. The molecule has 2 nitrogen and oxygen atoms in total. The molecule has 3 rings (SSSR count).